The molecule has 0 unspecified atom stereocenters. The molecule has 1 saturated carbocycles. The van der Waals surface area contributed by atoms with Crippen LogP contribution in [0.4, 0.5) is 0 Å². The van der Waals surface area contributed by atoms with Crippen molar-refractivity contribution in [1.82, 2.24) is 10.6 Å². The van der Waals surface area contributed by atoms with Crippen LogP contribution in [-0.4, -0.2) is 30.4 Å². The van der Waals surface area contributed by atoms with Crippen LogP contribution in [0.2, 0.25) is 0 Å². The molecular formula is C15H30ClN3O2. The van der Waals surface area contributed by atoms with E-state index in [2.05, 4.69) is 10.6 Å². The Bertz CT molecular complexity index is 318. The molecule has 0 saturated heterocycles. The summed E-state index contributed by atoms with van der Waals surface area (Å²) < 4.78 is 0. The molecule has 1 atom stereocenters. The van der Waals surface area contributed by atoms with Crippen LogP contribution < -0.4 is 16.4 Å². The molecule has 5 nitrogen and oxygen atoms in total. The monoisotopic (exact) mass is 319 g/mol. The summed E-state index contributed by atoms with van der Waals surface area (Å²) in [4.78, 5) is 23.4. The lowest BCUT2D eigenvalue weighted by Crippen LogP contribution is -2.43. The third-order valence-electron chi connectivity index (χ3n) is 3.68. The van der Waals surface area contributed by atoms with Crippen molar-refractivity contribution in [3.8, 4) is 0 Å². The fourth-order valence-electron chi connectivity index (χ4n) is 2.59. The van der Waals surface area contributed by atoms with Gasteiger partial charge in [0, 0.05) is 19.0 Å². The van der Waals surface area contributed by atoms with Gasteiger partial charge in [-0.15, -0.1) is 12.4 Å². The molecule has 0 radical (unpaired) electrons. The second-order valence-corrected chi connectivity index (χ2v) is 6.18. The average molecular weight is 320 g/mol. The van der Waals surface area contributed by atoms with E-state index >= 15 is 0 Å². The normalized spacial score (nSPS) is 17.0. The zero-order chi connectivity index (χ0) is 15.0. The first-order valence-corrected chi connectivity index (χ1v) is 7.81. The summed E-state index contributed by atoms with van der Waals surface area (Å²) in [5.41, 5.74) is 5.77. The van der Waals surface area contributed by atoms with Crippen molar-refractivity contribution in [2.24, 2.45) is 11.7 Å². The number of hydrogen-bond acceptors (Lipinski definition) is 3. The van der Waals surface area contributed by atoms with Gasteiger partial charge in [-0.25, -0.2) is 0 Å². The summed E-state index contributed by atoms with van der Waals surface area (Å²) in [6.07, 6.45) is 6.83. The number of amides is 2. The molecule has 0 spiro atoms. The standard InChI is InChI=1S/C15H29N3O2.ClH/c1-11(2)10-13(16)15(20)17-9-8-14(19)18-12-6-4-3-5-7-12;/h11-13H,3-10,16H2,1-2H3,(H,17,20)(H,18,19);1H/t13-;/m0./s1. The van der Waals surface area contributed by atoms with Gasteiger partial charge in [0.15, 0.2) is 0 Å². The minimum Gasteiger partial charge on any atom is -0.354 e. The fraction of sp³-hybridized carbons (Fsp3) is 0.867. The first kappa shape index (κ1) is 20.2. The number of hydrogen-bond donors (Lipinski definition) is 3. The van der Waals surface area contributed by atoms with E-state index in [4.69, 9.17) is 5.73 Å². The summed E-state index contributed by atoms with van der Waals surface area (Å²) in [6, 6.07) is -0.147. The number of carbonyl (C=O) groups is 2. The van der Waals surface area contributed by atoms with Crippen molar-refractivity contribution < 1.29 is 9.59 Å². The molecule has 0 aromatic rings. The maximum atomic E-state index is 11.7. The first-order valence-electron chi connectivity index (χ1n) is 7.81. The lowest BCUT2D eigenvalue weighted by molar-refractivity contribution is -0.123. The number of halogens is 1. The van der Waals surface area contributed by atoms with Crippen LogP contribution >= 0.6 is 12.4 Å². The van der Waals surface area contributed by atoms with E-state index in [1.54, 1.807) is 0 Å². The second kappa shape index (κ2) is 10.9. The molecule has 0 heterocycles. The molecule has 6 heteroatoms. The molecule has 0 aliphatic heterocycles. The molecule has 124 valence electrons. The van der Waals surface area contributed by atoms with E-state index in [1.165, 1.54) is 19.3 Å². The van der Waals surface area contributed by atoms with Crippen molar-refractivity contribution in [2.75, 3.05) is 6.54 Å². The van der Waals surface area contributed by atoms with Crippen molar-refractivity contribution in [3.63, 3.8) is 0 Å². The van der Waals surface area contributed by atoms with Crippen LogP contribution in [0.1, 0.15) is 58.8 Å². The Morgan fingerprint density at radius 1 is 1.19 bits per heavy atom. The van der Waals surface area contributed by atoms with Crippen LogP contribution in [0.5, 0.6) is 0 Å². The van der Waals surface area contributed by atoms with Gasteiger partial charge >= 0.3 is 0 Å². The summed E-state index contributed by atoms with van der Waals surface area (Å²) in [5, 5.41) is 5.76. The molecule has 1 rings (SSSR count). The Hall–Kier alpha value is -0.810. The van der Waals surface area contributed by atoms with Crippen molar-refractivity contribution >= 4 is 24.2 Å². The first-order chi connectivity index (χ1) is 9.49. The molecule has 1 fully saturated rings. The van der Waals surface area contributed by atoms with Crippen LogP contribution in [0.25, 0.3) is 0 Å². The Morgan fingerprint density at radius 3 is 2.38 bits per heavy atom. The van der Waals surface area contributed by atoms with Gasteiger partial charge in [-0.3, -0.25) is 9.59 Å². The summed E-state index contributed by atoms with van der Waals surface area (Å²) >= 11 is 0. The second-order valence-electron chi connectivity index (χ2n) is 6.18. The Balaban J connectivity index is 0.00000400. The van der Waals surface area contributed by atoms with E-state index in [1.807, 2.05) is 13.8 Å². The Morgan fingerprint density at radius 2 is 1.81 bits per heavy atom. The van der Waals surface area contributed by atoms with E-state index in [0.717, 1.165) is 12.8 Å². The number of rotatable bonds is 7. The molecule has 21 heavy (non-hydrogen) atoms. The van der Waals surface area contributed by atoms with Gasteiger partial charge in [0.05, 0.1) is 6.04 Å². The predicted molar refractivity (Wildman–Crippen MR) is 87.3 cm³/mol. The molecular weight excluding hydrogens is 290 g/mol. The SMILES string of the molecule is CC(C)C[C@H](N)C(=O)NCCC(=O)NC1CCCCC1.Cl. The Labute approximate surface area is 134 Å². The zero-order valence-corrected chi connectivity index (χ0v) is 14.0. The van der Waals surface area contributed by atoms with Gasteiger partial charge in [0.25, 0.3) is 0 Å². The maximum Gasteiger partial charge on any atom is 0.236 e. The fourth-order valence-corrected chi connectivity index (χ4v) is 2.59. The van der Waals surface area contributed by atoms with Crippen LogP contribution in [0.3, 0.4) is 0 Å². The topological polar surface area (TPSA) is 84.2 Å². The number of nitrogens with one attached hydrogen (secondary N) is 2. The van der Waals surface area contributed by atoms with E-state index in [9.17, 15) is 9.59 Å². The van der Waals surface area contributed by atoms with Gasteiger partial charge in [-0.1, -0.05) is 33.1 Å². The molecule has 4 N–H and O–H groups in total. The third kappa shape index (κ3) is 8.94. The minimum absolute atomic E-state index is 0. The van der Waals surface area contributed by atoms with Crippen molar-refractivity contribution in [3.05, 3.63) is 0 Å². The number of nitrogens with two attached hydrogens (primary N) is 1. The van der Waals surface area contributed by atoms with Crippen molar-refractivity contribution in [2.45, 2.75) is 70.9 Å². The highest BCUT2D eigenvalue weighted by Crippen LogP contribution is 2.17. The maximum absolute atomic E-state index is 11.7. The number of carbonyl (C=O) groups excluding carboxylic acids is 2. The largest absolute Gasteiger partial charge is 0.354 e. The summed E-state index contributed by atoms with van der Waals surface area (Å²) in [5.74, 6) is 0.254. The molecule has 0 aromatic heterocycles. The average Bonchev–Trinajstić information content (AvgIpc) is 2.38. The van der Waals surface area contributed by atoms with Gasteiger partial charge in [-0.05, 0) is 25.2 Å². The third-order valence-corrected chi connectivity index (χ3v) is 3.68. The molecule has 0 bridgehead atoms. The highest BCUT2D eigenvalue weighted by Gasteiger charge is 2.17. The highest BCUT2D eigenvalue weighted by atomic mass is 35.5. The predicted octanol–water partition coefficient (Wildman–Crippen LogP) is 1.74. The Kier molecular flexibility index (Phi) is 10.4. The quantitative estimate of drug-likeness (QED) is 0.668. The van der Waals surface area contributed by atoms with Crippen LogP contribution in [-0.2, 0) is 9.59 Å². The molecule has 1 aliphatic carbocycles. The van der Waals surface area contributed by atoms with Gasteiger partial charge in [0.1, 0.15) is 0 Å². The van der Waals surface area contributed by atoms with Crippen molar-refractivity contribution in [1.29, 1.82) is 0 Å². The van der Waals surface area contributed by atoms with E-state index < -0.39 is 6.04 Å². The van der Waals surface area contributed by atoms with E-state index in [-0.39, 0.29) is 24.2 Å². The lowest BCUT2D eigenvalue weighted by atomic mass is 9.95. The molecule has 1 aliphatic rings. The zero-order valence-electron chi connectivity index (χ0n) is 13.2. The van der Waals surface area contributed by atoms with E-state index in [0.29, 0.717) is 31.3 Å². The van der Waals surface area contributed by atoms with Crippen LogP contribution in [0.15, 0.2) is 0 Å². The summed E-state index contributed by atoms with van der Waals surface area (Å²) in [7, 11) is 0. The lowest BCUT2D eigenvalue weighted by Gasteiger charge is -2.22. The van der Waals surface area contributed by atoms with Gasteiger partial charge in [-0.2, -0.15) is 0 Å². The molecule has 2 amide bonds. The minimum atomic E-state index is -0.476. The highest BCUT2D eigenvalue weighted by molar-refractivity contribution is 5.85. The van der Waals surface area contributed by atoms with Gasteiger partial charge < -0.3 is 16.4 Å². The molecule has 0 aromatic carbocycles. The van der Waals surface area contributed by atoms with Crippen LogP contribution in [0, 0.1) is 5.92 Å². The summed E-state index contributed by atoms with van der Waals surface area (Å²) in [6.45, 7) is 4.43. The smallest absolute Gasteiger partial charge is 0.236 e. The van der Waals surface area contributed by atoms with Gasteiger partial charge in [0.2, 0.25) is 11.8 Å².